The predicted octanol–water partition coefficient (Wildman–Crippen LogP) is 2.56. The number of hydrogen-bond acceptors (Lipinski definition) is 4. The number of rotatable bonds is 5. The topological polar surface area (TPSA) is 80.9 Å². The number of benzene rings is 1. The first-order valence-electron chi connectivity index (χ1n) is 6.51. The second-order valence-electron chi connectivity index (χ2n) is 5.08. The van der Waals surface area contributed by atoms with Gasteiger partial charge in [-0.05, 0) is 47.4 Å². The Morgan fingerprint density at radius 3 is 2.90 bits per heavy atom. The molecule has 0 amide bonds. The van der Waals surface area contributed by atoms with Crippen molar-refractivity contribution >= 4 is 17.6 Å². The van der Waals surface area contributed by atoms with Crippen molar-refractivity contribution in [3.05, 3.63) is 29.0 Å². The average molecular weight is 311 g/mol. The zero-order chi connectivity index (χ0) is 15.0. The fraction of sp³-hybridized carbons (Fsp3) is 0.385. The minimum Gasteiger partial charge on any atom is -0.481 e. The second-order valence-corrected chi connectivity index (χ2v) is 5.49. The summed E-state index contributed by atoms with van der Waals surface area (Å²) in [4.78, 5) is 11.0. The van der Waals surface area contributed by atoms with E-state index in [0.29, 0.717) is 11.4 Å². The van der Waals surface area contributed by atoms with E-state index in [1.165, 1.54) is 16.8 Å². The van der Waals surface area contributed by atoms with Gasteiger partial charge in [0.25, 0.3) is 0 Å². The van der Waals surface area contributed by atoms with Gasteiger partial charge in [-0.1, -0.05) is 11.6 Å². The molecule has 6 nitrogen and oxygen atoms in total. The van der Waals surface area contributed by atoms with Crippen LogP contribution < -0.4 is 0 Å². The van der Waals surface area contributed by atoms with Crippen LogP contribution in [0.25, 0.3) is 11.4 Å². The van der Waals surface area contributed by atoms with Crippen LogP contribution in [0.2, 0.25) is 5.02 Å². The van der Waals surface area contributed by atoms with E-state index in [2.05, 4.69) is 15.5 Å². The largest absolute Gasteiger partial charge is 0.481 e. The smallest absolute Gasteiger partial charge is 0.305 e. The first-order valence-corrected chi connectivity index (χ1v) is 6.89. The highest BCUT2D eigenvalue weighted by molar-refractivity contribution is 6.30. The molecule has 0 spiro atoms. The van der Waals surface area contributed by atoms with Gasteiger partial charge in [0.2, 0.25) is 0 Å². The maximum atomic E-state index is 13.6. The zero-order valence-electron chi connectivity index (χ0n) is 10.9. The molecule has 21 heavy (non-hydrogen) atoms. The predicted molar refractivity (Wildman–Crippen MR) is 72.2 cm³/mol. The van der Waals surface area contributed by atoms with Gasteiger partial charge in [0.1, 0.15) is 5.82 Å². The van der Waals surface area contributed by atoms with Crippen LogP contribution in [0.5, 0.6) is 0 Å². The molecule has 1 saturated carbocycles. The van der Waals surface area contributed by atoms with Gasteiger partial charge in [-0.25, -0.2) is 9.07 Å². The molecule has 1 aliphatic rings. The summed E-state index contributed by atoms with van der Waals surface area (Å²) in [6.07, 6.45) is 1.84. The Bertz CT molecular complexity index is 687. The highest BCUT2D eigenvalue weighted by Gasteiger charge is 2.36. The SMILES string of the molecule is O=C(O)CC(C1CC1)n1nnnc1-c1ccc(Cl)c(F)c1. The van der Waals surface area contributed by atoms with Crippen LogP contribution >= 0.6 is 11.6 Å². The summed E-state index contributed by atoms with van der Waals surface area (Å²) in [7, 11) is 0. The summed E-state index contributed by atoms with van der Waals surface area (Å²) in [6, 6.07) is 3.97. The van der Waals surface area contributed by atoms with Crippen molar-refractivity contribution < 1.29 is 14.3 Å². The molecule has 0 saturated heterocycles. The standard InChI is InChI=1S/C13H12ClFN4O2/c14-9-4-3-8(5-10(9)15)13-16-17-18-19(13)11(6-12(20)21)7-1-2-7/h3-5,7,11H,1-2,6H2,(H,20,21). The maximum absolute atomic E-state index is 13.6. The van der Waals surface area contributed by atoms with E-state index in [1.54, 1.807) is 6.07 Å². The summed E-state index contributed by atoms with van der Waals surface area (Å²) >= 11 is 5.66. The van der Waals surface area contributed by atoms with Crippen LogP contribution in [-0.2, 0) is 4.79 Å². The van der Waals surface area contributed by atoms with Crippen molar-refractivity contribution in [1.82, 2.24) is 20.2 Å². The van der Waals surface area contributed by atoms with E-state index in [-0.39, 0.29) is 23.4 Å². The van der Waals surface area contributed by atoms with Crippen molar-refractivity contribution in [1.29, 1.82) is 0 Å². The summed E-state index contributed by atoms with van der Waals surface area (Å²) in [6.45, 7) is 0. The minimum atomic E-state index is -0.907. The van der Waals surface area contributed by atoms with Crippen molar-refractivity contribution in [2.24, 2.45) is 5.92 Å². The fourth-order valence-electron chi connectivity index (χ4n) is 2.35. The number of halogens is 2. The van der Waals surface area contributed by atoms with Crippen molar-refractivity contribution in [2.45, 2.75) is 25.3 Å². The lowest BCUT2D eigenvalue weighted by Crippen LogP contribution is -2.18. The lowest BCUT2D eigenvalue weighted by molar-refractivity contribution is -0.138. The molecular weight excluding hydrogens is 299 g/mol. The molecule has 1 fully saturated rings. The number of tetrazole rings is 1. The van der Waals surface area contributed by atoms with Gasteiger partial charge in [0.15, 0.2) is 5.82 Å². The van der Waals surface area contributed by atoms with Crippen molar-refractivity contribution in [3.63, 3.8) is 0 Å². The monoisotopic (exact) mass is 310 g/mol. The number of carboxylic acid groups (broad SMARTS) is 1. The molecule has 1 N–H and O–H groups in total. The molecule has 1 atom stereocenters. The Morgan fingerprint density at radius 1 is 1.52 bits per heavy atom. The lowest BCUT2D eigenvalue weighted by Gasteiger charge is -2.15. The molecule has 2 aromatic rings. The van der Waals surface area contributed by atoms with Gasteiger partial charge < -0.3 is 5.11 Å². The Kier molecular flexibility index (Phi) is 3.59. The molecule has 1 aliphatic carbocycles. The third-order valence-corrected chi connectivity index (χ3v) is 3.84. The van der Waals surface area contributed by atoms with Crippen LogP contribution in [0.4, 0.5) is 4.39 Å². The second kappa shape index (κ2) is 5.40. The highest BCUT2D eigenvalue weighted by Crippen LogP contribution is 2.42. The van der Waals surface area contributed by atoms with Gasteiger partial charge >= 0.3 is 5.97 Å². The van der Waals surface area contributed by atoms with Gasteiger partial charge in [-0.15, -0.1) is 5.10 Å². The molecule has 0 bridgehead atoms. The fourth-order valence-corrected chi connectivity index (χ4v) is 2.47. The Hall–Kier alpha value is -2.02. The van der Waals surface area contributed by atoms with Crippen molar-refractivity contribution in [3.8, 4) is 11.4 Å². The number of hydrogen-bond donors (Lipinski definition) is 1. The molecule has 0 aliphatic heterocycles. The quantitative estimate of drug-likeness (QED) is 0.918. The Morgan fingerprint density at radius 2 is 2.29 bits per heavy atom. The lowest BCUT2D eigenvalue weighted by atomic mass is 10.1. The van der Waals surface area contributed by atoms with E-state index >= 15 is 0 Å². The van der Waals surface area contributed by atoms with Crippen LogP contribution in [0, 0.1) is 11.7 Å². The van der Waals surface area contributed by atoms with Gasteiger partial charge in [0.05, 0.1) is 17.5 Å². The number of aromatic nitrogens is 4. The molecule has 1 unspecified atom stereocenters. The van der Waals surface area contributed by atoms with Crippen LogP contribution in [0.15, 0.2) is 18.2 Å². The van der Waals surface area contributed by atoms with Crippen molar-refractivity contribution in [2.75, 3.05) is 0 Å². The number of nitrogens with zero attached hydrogens (tertiary/aromatic N) is 4. The molecule has 0 radical (unpaired) electrons. The first-order chi connectivity index (χ1) is 10.1. The van der Waals surface area contributed by atoms with Gasteiger partial charge in [-0.3, -0.25) is 4.79 Å². The van der Waals surface area contributed by atoms with Gasteiger partial charge in [-0.2, -0.15) is 0 Å². The van der Waals surface area contributed by atoms with E-state index < -0.39 is 11.8 Å². The third-order valence-electron chi connectivity index (χ3n) is 3.53. The minimum absolute atomic E-state index is 0.0158. The number of aliphatic carboxylic acids is 1. The van der Waals surface area contributed by atoms with E-state index in [0.717, 1.165) is 12.8 Å². The number of carboxylic acids is 1. The normalized spacial score (nSPS) is 15.9. The first kappa shape index (κ1) is 13.9. The average Bonchev–Trinajstić information content (AvgIpc) is 3.16. The maximum Gasteiger partial charge on any atom is 0.305 e. The Labute approximate surface area is 124 Å². The van der Waals surface area contributed by atoms with Crippen LogP contribution in [0.3, 0.4) is 0 Å². The summed E-state index contributed by atoms with van der Waals surface area (Å²) < 4.78 is 15.1. The molecule has 1 heterocycles. The molecule has 3 rings (SSSR count). The molecule has 8 heteroatoms. The summed E-state index contributed by atoms with van der Waals surface area (Å²) in [5.74, 6) is -0.871. The molecule has 1 aromatic carbocycles. The number of carbonyl (C=O) groups is 1. The van der Waals surface area contributed by atoms with E-state index in [9.17, 15) is 9.18 Å². The van der Waals surface area contributed by atoms with Crippen LogP contribution in [0.1, 0.15) is 25.3 Å². The van der Waals surface area contributed by atoms with E-state index in [4.69, 9.17) is 16.7 Å². The molecular formula is C13H12ClFN4O2. The van der Waals surface area contributed by atoms with Gasteiger partial charge in [0, 0.05) is 5.56 Å². The highest BCUT2D eigenvalue weighted by atomic mass is 35.5. The Balaban J connectivity index is 1.98. The summed E-state index contributed by atoms with van der Waals surface area (Å²) in [5, 5.41) is 20.5. The van der Waals surface area contributed by atoms with E-state index in [1.807, 2.05) is 0 Å². The molecule has 110 valence electrons. The third kappa shape index (κ3) is 2.87. The zero-order valence-corrected chi connectivity index (χ0v) is 11.7. The molecule has 1 aromatic heterocycles. The summed E-state index contributed by atoms with van der Waals surface area (Å²) in [5.41, 5.74) is 0.470. The van der Waals surface area contributed by atoms with Crippen LogP contribution in [-0.4, -0.2) is 31.3 Å².